The van der Waals surface area contributed by atoms with Crippen molar-refractivity contribution in [3.05, 3.63) is 0 Å². The normalized spacial score (nSPS) is 5.15. The predicted molar refractivity (Wildman–Crippen MR) is 49.6 cm³/mol. The Bertz CT molecular complexity index is 40.4. The third kappa shape index (κ3) is 18500. The molecule has 0 aromatic rings. The van der Waals surface area contributed by atoms with Crippen molar-refractivity contribution in [2.75, 3.05) is 19.8 Å². The smallest absolute Gasteiger partial charge is 0.0402 e. The van der Waals surface area contributed by atoms with Crippen molar-refractivity contribution < 1.29 is 41.8 Å². The molecule has 82 valence electrons. The van der Waals surface area contributed by atoms with Gasteiger partial charge in [-0.3, -0.25) is 6.29 Å². The summed E-state index contributed by atoms with van der Waals surface area (Å²) in [5.41, 5.74) is 0. The minimum atomic E-state index is 0. The molecule has 0 heterocycles. The summed E-state index contributed by atoms with van der Waals surface area (Å²) < 4.78 is 0. The zero-order chi connectivity index (χ0) is 10.8. The van der Waals surface area contributed by atoms with E-state index in [1.54, 1.807) is 20.8 Å². The Balaban J connectivity index is -0.0000000213. The molecule has 0 saturated carbocycles. The monoisotopic (exact) mass is 229 g/mol. The molecule has 0 aliphatic carbocycles. The zero-order valence-electron chi connectivity index (χ0n) is 8.87. The molecule has 0 aliphatic rings. The van der Waals surface area contributed by atoms with Crippen LogP contribution in [-0.2, 0) is 26.5 Å². The first-order chi connectivity index (χ1) is 5.66. The molecule has 0 aliphatic heterocycles. The maximum absolute atomic E-state index is 8.68. The third-order valence-corrected chi connectivity index (χ3v) is 0. The first-order valence-electron chi connectivity index (χ1n) is 3.77. The van der Waals surface area contributed by atoms with Crippen LogP contribution in [-0.4, -0.2) is 41.4 Å². The Morgan fingerprint density at radius 3 is 0.923 bits per heavy atom. The Morgan fingerprint density at radius 2 is 0.923 bits per heavy atom. The van der Waals surface area contributed by atoms with Gasteiger partial charge in [0.25, 0.3) is 0 Å². The minimum Gasteiger partial charge on any atom is -0.542 e. The van der Waals surface area contributed by atoms with Crippen molar-refractivity contribution in [3.63, 3.8) is 0 Å². The molecule has 0 saturated heterocycles. The Labute approximate surface area is 95.9 Å². The molecule has 0 radical (unpaired) electrons. The topological polar surface area (TPSA) is 77.8 Å². The largest absolute Gasteiger partial charge is 0.542 e. The average Bonchev–Trinajstić information content (AvgIpc) is 1.92. The molecule has 0 amide bonds. The van der Waals surface area contributed by atoms with E-state index >= 15 is 0 Å². The number of hydrogen-bond acceptors (Lipinski definition) is 4. The van der Waals surface area contributed by atoms with Crippen molar-refractivity contribution in [3.8, 4) is 0 Å². The quantitative estimate of drug-likeness (QED) is 0.407. The summed E-state index contributed by atoms with van der Waals surface area (Å²) in [6, 6.07) is 0. The third-order valence-electron chi connectivity index (χ3n) is 0. The van der Waals surface area contributed by atoms with Crippen molar-refractivity contribution in [2.45, 2.75) is 27.7 Å². The maximum Gasteiger partial charge on any atom is 0.0402 e. The number of rotatable bonds is 0. The molecular weight excluding hydrogens is 208 g/mol. The van der Waals surface area contributed by atoms with Crippen LogP contribution in [0.3, 0.4) is 0 Å². The van der Waals surface area contributed by atoms with E-state index < -0.39 is 0 Å². The minimum absolute atomic E-state index is 0. The van der Waals surface area contributed by atoms with Crippen LogP contribution in [0.4, 0.5) is 0 Å². The fraction of sp³-hybridized carbons (Fsp3) is 0.875. The molecule has 0 rings (SSSR count). The van der Waals surface area contributed by atoms with E-state index in [-0.39, 0.29) is 41.5 Å². The fourth-order valence-corrected chi connectivity index (χ4v) is 0. The number of aliphatic hydroxyl groups is 3. The van der Waals surface area contributed by atoms with E-state index in [1.165, 1.54) is 13.2 Å². The van der Waals surface area contributed by atoms with Gasteiger partial charge in [0.1, 0.15) is 0 Å². The molecule has 0 aromatic carbocycles. The first kappa shape index (κ1) is 29.2. The van der Waals surface area contributed by atoms with Gasteiger partial charge in [0, 0.05) is 41.5 Å². The van der Waals surface area contributed by atoms with Crippen LogP contribution < -0.4 is 0 Å². The van der Waals surface area contributed by atoms with E-state index in [2.05, 4.69) is 0 Å². The molecule has 0 spiro atoms. The second kappa shape index (κ2) is 85.6. The van der Waals surface area contributed by atoms with Crippen molar-refractivity contribution in [1.82, 2.24) is 0 Å². The Kier molecular flexibility index (Phi) is 192. The van der Waals surface area contributed by atoms with E-state index in [4.69, 9.17) is 20.1 Å². The zero-order valence-corrected chi connectivity index (χ0v) is 10.4. The standard InChI is InChI=1S/3C2H6O.C2H3O.Ti/c4*1-2-3;/h3*3H,2H2,1H3;1H3;/q;;;-1;. The SMILES string of the molecule is CCO.CCO.CCO.C[C-]=O.[Ti]. The second-order valence-electron chi connectivity index (χ2n) is 1.15. The van der Waals surface area contributed by atoms with Crippen LogP contribution in [0.15, 0.2) is 0 Å². The van der Waals surface area contributed by atoms with Crippen molar-refractivity contribution >= 4 is 6.29 Å². The van der Waals surface area contributed by atoms with Gasteiger partial charge in [0.05, 0.1) is 0 Å². The second-order valence-corrected chi connectivity index (χ2v) is 1.15. The first-order valence-corrected chi connectivity index (χ1v) is 3.77. The van der Waals surface area contributed by atoms with E-state index in [9.17, 15) is 0 Å². The fourth-order valence-electron chi connectivity index (χ4n) is 0. The van der Waals surface area contributed by atoms with Gasteiger partial charge < -0.3 is 20.1 Å². The van der Waals surface area contributed by atoms with Gasteiger partial charge in [0.2, 0.25) is 0 Å². The van der Waals surface area contributed by atoms with Crippen LogP contribution in [0, 0.1) is 0 Å². The van der Waals surface area contributed by atoms with Crippen LogP contribution in [0.2, 0.25) is 0 Å². The summed E-state index contributed by atoms with van der Waals surface area (Å²) in [5, 5.41) is 22.7. The molecule has 13 heavy (non-hydrogen) atoms. The number of hydrogen-bond donors (Lipinski definition) is 3. The summed E-state index contributed by atoms with van der Waals surface area (Å²) in [7, 11) is 0. The Hall–Kier alpha value is 0.264. The van der Waals surface area contributed by atoms with Crippen molar-refractivity contribution in [2.24, 2.45) is 0 Å². The summed E-state index contributed by atoms with van der Waals surface area (Å²) in [5.74, 6) is 0. The van der Waals surface area contributed by atoms with Crippen LogP contribution in [0.1, 0.15) is 27.7 Å². The van der Waals surface area contributed by atoms with Gasteiger partial charge in [-0.1, -0.05) is 0 Å². The average molecular weight is 229 g/mol. The van der Waals surface area contributed by atoms with Crippen LogP contribution in [0.25, 0.3) is 0 Å². The van der Waals surface area contributed by atoms with E-state index in [1.807, 2.05) is 0 Å². The summed E-state index contributed by atoms with van der Waals surface area (Å²) in [6.45, 7) is 7.11. The van der Waals surface area contributed by atoms with Gasteiger partial charge in [0.15, 0.2) is 0 Å². The summed E-state index contributed by atoms with van der Waals surface area (Å²) in [4.78, 5) is 8.68. The van der Waals surface area contributed by atoms with Gasteiger partial charge >= 0.3 is 0 Å². The Morgan fingerprint density at radius 1 is 0.923 bits per heavy atom. The summed E-state index contributed by atoms with van der Waals surface area (Å²) >= 11 is 0. The van der Waals surface area contributed by atoms with E-state index in [0.29, 0.717) is 0 Å². The van der Waals surface area contributed by atoms with Crippen LogP contribution in [0.5, 0.6) is 0 Å². The molecular formula is C8H21O4Ti-. The predicted octanol–water partition coefficient (Wildman–Crippen LogP) is 0.109. The number of aliphatic hydroxyl groups excluding tert-OH is 3. The van der Waals surface area contributed by atoms with Gasteiger partial charge in [-0.05, 0) is 20.8 Å². The molecule has 3 N–H and O–H groups in total. The maximum atomic E-state index is 8.68. The van der Waals surface area contributed by atoms with Crippen LogP contribution >= 0.6 is 0 Å². The van der Waals surface area contributed by atoms with Crippen molar-refractivity contribution in [1.29, 1.82) is 0 Å². The molecule has 4 nitrogen and oxygen atoms in total. The molecule has 0 aromatic heterocycles. The van der Waals surface area contributed by atoms with Gasteiger partial charge in [-0.25, -0.2) is 0 Å². The van der Waals surface area contributed by atoms with E-state index in [0.717, 1.165) is 0 Å². The van der Waals surface area contributed by atoms with Gasteiger partial charge in [-0.15, -0.1) is 0 Å². The molecule has 0 bridgehead atoms. The number of carbonyl (C=O) groups excluding carboxylic acids is 1. The molecule has 5 heteroatoms. The molecule has 0 atom stereocenters. The van der Waals surface area contributed by atoms with Gasteiger partial charge in [-0.2, -0.15) is 6.92 Å². The molecule has 0 unspecified atom stereocenters. The molecule has 0 fully saturated rings. The summed E-state index contributed by atoms with van der Waals surface area (Å²) in [6.07, 6.45) is 1.50.